The number of ether oxygens (including phenoxy) is 1. The number of carbonyl (C=O) groups excluding carboxylic acids is 2. The fourth-order valence-electron chi connectivity index (χ4n) is 3.70. The molecule has 1 saturated heterocycles. The zero-order valence-electron chi connectivity index (χ0n) is 16.4. The summed E-state index contributed by atoms with van der Waals surface area (Å²) in [5.41, 5.74) is 7.88. The van der Waals surface area contributed by atoms with Gasteiger partial charge < -0.3 is 15.4 Å². The van der Waals surface area contributed by atoms with Gasteiger partial charge in [-0.25, -0.2) is 19.0 Å². The highest BCUT2D eigenvalue weighted by Gasteiger charge is 2.22. The fourth-order valence-corrected chi connectivity index (χ4v) is 3.70. The van der Waals surface area contributed by atoms with Crippen molar-refractivity contribution in [1.82, 2.24) is 9.88 Å². The van der Waals surface area contributed by atoms with E-state index in [0.29, 0.717) is 40.7 Å². The van der Waals surface area contributed by atoms with Gasteiger partial charge in [0.2, 0.25) is 0 Å². The second-order valence-electron chi connectivity index (χ2n) is 7.26. The molecule has 0 saturated carbocycles. The number of nitrogens with one attached hydrogen (secondary N) is 1. The fraction of sp³-hybridized carbons (Fsp3) is 0.227. The van der Waals surface area contributed by atoms with Crippen LogP contribution in [0.5, 0.6) is 0 Å². The summed E-state index contributed by atoms with van der Waals surface area (Å²) in [6, 6.07) is 9.83. The predicted molar refractivity (Wildman–Crippen MR) is 113 cm³/mol. The highest BCUT2D eigenvalue weighted by molar-refractivity contribution is 6.04. The molecule has 2 aromatic carbocycles. The molecule has 1 aliphatic heterocycles. The summed E-state index contributed by atoms with van der Waals surface area (Å²) in [6.07, 6.45) is 1.73. The van der Waals surface area contributed by atoms with Gasteiger partial charge in [0.25, 0.3) is 0 Å². The van der Waals surface area contributed by atoms with Gasteiger partial charge in [-0.15, -0.1) is 0 Å². The molecule has 8 heteroatoms. The molecule has 2 amide bonds. The minimum Gasteiger partial charge on any atom is -0.384 e. The van der Waals surface area contributed by atoms with E-state index in [0.717, 1.165) is 18.4 Å². The number of aryl methyl sites for hydroxylation is 1. The van der Waals surface area contributed by atoms with Crippen molar-refractivity contribution >= 4 is 34.5 Å². The SMILES string of the molecule is Cc1cccc(F)c1-c1cc(NC(=O)OC(=O)N2CCCC2)c2cc(N)ncc2c1. The molecule has 0 radical (unpaired) electrons. The van der Waals surface area contributed by atoms with Gasteiger partial charge in [-0.3, -0.25) is 5.32 Å². The van der Waals surface area contributed by atoms with E-state index in [1.807, 2.05) is 0 Å². The first-order chi connectivity index (χ1) is 14.4. The van der Waals surface area contributed by atoms with E-state index < -0.39 is 12.2 Å². The summed E-state index contributed by atoms with van der Waals surface area (Å²) >= 11 is 0. The lowest BCUT2D eigenvalue weighted by Gasteiger charge is -2.16. The number of benzene rings is 2. The molecule has 0 unspecified atom stereocenters. The molecular weight excluding hydrogens is 387 g/mol. The minimum absolute atomic E-state index is 0.266. The predicted octanol–water partition coefficient (Wildman–Crippen LogP) is 4.70. The number of likely N-dealkylation sites (tertiary alicyclic amines) is 1. The Kier molecular flexibility index (Phi) is 5.22. The van der Waals surface area contributed by atoms with Crippen LogP contribution in [0, 0.1) is 12.7 Å². The number of halogens is 1. The molecule has 4 rings (SSSR count). The third kappa shape index (κ3) is 3.89. The lowest BCUT2D eigenvalue weighted by molar-refractivity contribution is 0.132. The van der Waals surface area contributed by atoms with Crippen LogP contribution in [-0.2, 0) is 4.74 Å². The van der Waals surface area contributed by atoms with E-state index >= 15 is 0 Å². The van der Waals surface area contributed by atoms with Crippen molar-refractivity contribution < 1.29 is 18.7 Å². The monoisotopic (exact) mass is 408 g/mol. The van der Waals surface area contributed by atoms with E-state index in [9.17, 15) is 14.0 Å². The van der Waals surface area contributed by atoms with Crippen LogP contribution in [0.15, 0.2) is 42.6 Å². The molecule has 154 valence electrons. The third-order valence-electron chi connectivity index (χ3n) is 5.15. The molecule has 30 heavy (non-hydrogen) atoms. The maximum atomic E-state index is 14.5. The molecule has 1 aromatic heterocycles. The highest BCUT2D eigenvalue weighted by Crippen LogP contribution is 2.34. The van der Waals surface area contributed by atoms with Crippen molar-refractivity contribution in [2.75, 3.05) is 24.1 Å². The van der Waals surface area contributed by atoms with Crippen LogP contribution in [-0.4, -0.2) is 35.2 Å². The van der Waals surface area contributed by atoms with Gasteiger partial charge in [-0.05, 0) is 55.2 Å². The zero-order chi connectivity index (χ0) is 21.3. The zero-order valence-corrected chi connectivity index (χ0v) is 16.4. The van der Waals surface area contributed by atoms with E-state index in [4.69, 9.17) is 10.5 Å². The van der Waals surface area contributed by atoms with Crippen molar-refractivity contribution in [2.24, 2.45) is 0 Å². The number of carbonyl (C=O) groups is 2. The van der Waals surface area contributed by atoms with Crippen molar-refractivity contribution in [3.8, 4) is 11.1 Å². The molecule has 1 aliphatic rings. The molecule has 0 aliphatic carbocycles. The van der Waals surface area contributed by atoms with Crippen LogP contribution in [0.2, 0.25) is 0 Å². The summed E-state index contributed by atoms with van der Waals surface area (Å²) in [5.74, 6) is -0.114. The van der Waals surface area contributed by atoms with Crippen LogP contribution < -0.4 is 11.1 Å². The number of amides is 2. The summed E-state index contributed by atoms with van der Waals surface area (Å²) in [6.45, 7) is 2.94. The topological polar surface area (TPSA) is 97.5 Å². The average molecular weight is 408 g/mol. The quantitative estimate of drug-likeness (QED) is 0.599. The van der Waals surface area contributed by atoms with E-state index in [1.165, 1.54) is 11.0 Å². The molecular formula is C22H21FN4O3. The van der Waals surface area contributed by atoms with Gasteiger partial charge in [0.1, 0.15) is 11.6 Å². The Hall–Kier alpha value is -3.68. The summed E-state index contributed by atoms with van der Waals surface area (Å²) in [4.78, 5) is 30.1. The van der Waals surface area contributed by atoms with E-state index in [1.54, 1.807) is 43.5 Å². The van der Waals surface area contributed by atoms with Crippen LogP contribution in [0.3, 0.4) is 0 Å². The summed E-state index contributed by atoms with van der Waals surface area (Å²) in [5, 5.41) is 3.86. The number of anilines is 2. The molecule has 0 spiro atoms. The molecule has 0 atom stereocenters. The largest absolute Gasteiger partial charge is 0.420 e. The van der Waals surface area contributed by atoms with Gasteiger partial charge in [-0.1, -0.05) is 12.1 Å². The number of aromatic nitrogens is 1. The molecule has 0 bridgehead atoms. The van der Waals surface area contributed by atoms with Crippen LogP contribution in [0.1, 0.15) is 18.4 Å². The standard InChI is InChI=1S/C22H21FN4O3/c1-13-5-4-6-17(23)20(13)14-9-15-12-25-19(24)11-16(15)18(10-14)26-21(28)30-22(29)27-7-2-3-8-27/h4-6,9-12H,2-3,7-8H2,1H3,(H2,24,25)(H,26,28). The average Bonchev–Trinajstić information content (AvgIpc) is 3.23. The number of hydrogen-bond acceptors (Lipinski definition) is 5. The molecule has 7 nitrogen and oxygen atoms in total. The van der Waals surface area contributed by atoms with Crippen molar-refractivity contribution in [3.05, 3.63) is 54.0 Å². The minimum atomic E-state index is -0.911. The second kappa shape index (κ2) is 7.98. The van der Waals surface area contributed by atoms with Crippen LogP contribution in [0.4, 0.5) is 25.5 Å². The summed E-state index contributed by atoms with van der Waals surface area (Å²) in [7, 11) is 0. The Morgan fingerprint density at radius 1 is 1.20 bits per heavy atom. The second-order valence-corrected chi connectivity index (χ2v) is 7.26. The first-order valence-corrected chi connectivity index (χ1v) is 9.65. The third-order valence-corrected chi connectivity index (χ3v) is 5.15. The van der Waals surface area contributed by atoms with Gasteiger partial charge in [0.15, 0.2) is 0 Å². The van der Waals surface area contributed by atoms with E-state index in [-0.39, 0.29) is 11.6 Å². The normalized spacial score (nSPS) is 13.5. The summed E-state index contributed by atoms with van der Waals surface area (Å²) < 4.78 is 19.5. The van der Waals surface area contributed by atoms with Crippen molar-refractivity contribution in [1.29, 1.82) is 0 Å². The number of rotatable bonds is 2. The van der Waals surface area contributed by atoms with Gasteiger partial charge in [0, 0.05) is 35.6 Å². The number of pyridine rings is 1. The van der Waals surface area contributed by atoms with Crippen LogP contribution >= 0.6 is 0 Å². The van der Waals surface area contributed by atoms with Gasteiger partial charge in [0.05, 0.1) is 5.69 Å². The number of nitrogen functional groups attached to an aromatic ring is 1. The van der Waals surface area contributed by atoms with E-state index in [2.05, 4.69) is 10.3 Å². The molecule has 3 N–H and O–H groups in total. The van der Waals surface area contributed by atoms with Crippen molar-refractivity contribution in [2.45, 2.75) is 19.8 Å². The number of nitrogens with zero attached hydrogens (tertiary/aromatic N) is 2. The lowest BCUT2D eigenvalue weighted by atomic mass is 9.96. The Bertz CT molecular complexity index is 1120. The smallest absolute Gasteiger partial charge is 0.384 e. The maximum Gasteiger partial charge on any atom is 0.420 e. The molecule has 3 aromatic rings. The number of fused-ring (bicyclic) bond motifs is 1. The Balaban J connectivity index is 1.71. The molecule has 2 heterocycles. The van der Waals surface area contributed by atoms with Gasteiger partial charge >= 0.3 is 12.2 Å². The Labute approximate surface area is 172 Å². The first-order valence-electron chi connectivity index (χ1n) is 9.65. The lowest BCUT2D eigenvalue weighted by Crippen LogP contribution is -2.31. The van der Waals surface area contributed by atoms with Crippen LogP contribution in [0.25, 0.3) is 21.9 Å². The number of hydrogen-bond donors (Lipinski definition) is 2. The Morgan fingerprint density at radius 2 is 1.97 bits per heavy atom. The number of nitrogens with two attached hydrogens (primary N) is 1. The maximum absolute atomic E-state index is 14.5. The highest BCUT2D eigenvalue weighted by atomic mass is 19.1. The first kappa shape index (κ1) is 19.6. The van der Waals surface area contributed by atoms with Gasteiger partial charge in [-0.2, -0.15) is 0 Å². The Morgan fingerprint density at radius 3 is 2.70 bits per heavy atom. The molecule has 1 fully saturated rings. The van der Waals surface area contributed by atoms with Crippen molar-refractivity contribution in [3.63, 3.8) is 0 Å².